The van der Waals surface area contributed by atoms with E-state index in [1.54, 1.807) is 17.0 Å². The van der Waals surface area contributed by atoms with Crippen molar-refractivity contribution in [1.29, 1.82) is 5.26 Å². The molecule has 0 spiro atoms. The van der Waals surface area contributed by atoms with Gasteiger partial charge in [-0.25, -0.2) is 0 Å². The molecule has 2 atom stereocenters. The highest BCUT2D eigenvalue weighted by Crippen LogP contribution is 2.47. The second kappa shape index (κ2) is 12.4. The highest BCUT2D eigenvalue weighted by molar-refractivity contribution is 14.1. The van der Waals surface area contributed by atoms with Crippen molar-refractivity contribution in [2.24, 2.45) is 11.3 Å². The number of nitriles is 1. The molecule has 2 saturated heterocycles. The number of phenolic OH excluding ortho intramolecular Hbond substituents is 1. The van der Waals surface area contributed by atoms with Gasteiger partial charge in [-0.05, 0) is 104 Å². The lowest BCUT2D eigenvalue weighted by Gasteiger charge is -2.38. The Balaban J connectivity index is 1.14. The second-order valence-electron chi connectivity index (χ2n) is 14.2. The van der Waals surface area contributed by atoms with Crippen LogP contribution in [0.1, 0.15) is 73.5 Å². The number of carbonyl (C=O) groups is 1. The number of fused-ring (bicyclic) bond motifs is 2. The number of hydrogen-bond donors (Lipinski definition) is 2. The van der Waals surface area contributed by atoms with Gasteiger partial charge >= 0.3 is 6.01 Å². The van der Waals surface area contributed by atoms with Crippen LogP contribution < -0.4 is 9.64 Å². The van der Waals surface area contributed by atoms with Crippen LogP contribution in [-0.4, -0.2) is 80.8 Å². The minimum absolute atomic E-state index is 0.0559. The van der Waals surface area contributed by atoms with Gasteiger partial charge in [-0.1, -0.05) is 12.1 Å². The van der Waals surface area contributed by atoms with Crippen molar-refractivity contribution < 1.29 is 19.7 Å². The quantitative estimate of drug-likeness (QED) is 0.299. The smallest absolute Gasteiger partial charge is 0.318 e. The van der Waals surface area contributed by atoms with Crippen molar-refractivity contribution in [2.45, 2.75) is 70.6 Å². The summed E-state index contributed by atoms with van der Waals surface area (Å²) < 4.78 is 7.34. The number of anilines is 1. The summed E-state index contributed by atoms with van der Waals surface area (Å²) in [5, 5.41) is 32.3. The molecule has 10 nitrogen and oxygen atoms in total. The fourth-order valence-electron chi connectivity index (χ4n) is 7.60. The van der Waals surface area contributed by atoms with Gasteiger partial charge in [-0.15, -0.1) is 0 Å². The summed E-state index contributed by atoms with van der Waals surface area (Å²) in [6, 6.07) is 11.7. The summed E-state index contributed by atoms with van der Waals surface area (Å²) in [4.78, 5) is 30.3. The third kappa shape index (κ3) is 6.49. The second-order valence-corrected chi connectivity index (χ2v) is 15.3. The summed E-state index contributed by atoms with van der Waals surface area (Å²) in [6.45, 7) is 7.24. The largest absolute Gasteiger partial charge is 0.508 e. The fourth-order valence-corrected chi connectivity index (χ4v) is 8.41. The molecule has 1 aliphatic carbocycles. The Kier molecular flexibility index (Phi) is 8.48. The summed E-state index contributed by atoms with van der Waals surface area (Å²) in [7, 11) is 0. The van der Waals surface area contributed by atoms with Gasteiger partial charge in [0.2, 0.25) is 0 Å². The topological polar surface area (TPSA) is 126 Å². The Morgan fingerprint density at radius 1 is 1.17 bits per heavy atom. The zero-order valence-corrected chi connectivity index (χ0v) is 28.5. The average molecular weight is 737 g/mol. The number of likely N-dealkylation sites (tertiary alicyclic amines) is 1. The maximum absolute atomic E-state index is 14.1. The first-order valence-electron chi connectivity index (χ1n) is 16.4. The van der Waals surface area contributed by atoms with Crippen LogP contribution in [-0.2, 0) is 13.1 Å². The number of aromatic nitrogens is 2. The number of aromatic hydroxyl groups is 1. The van der Waals surface area contributed by atoms with Gasteiger partial charge in [0.25, 0.3) is 5.91 Å². The Hall–Kier alpha value is -3.21. The number of amides is 1. The van der Waals surface area contributed by atoms with Crippen LogP contribution in [0.5, 0.6) is 11.8 Å². The molecule has 0 radical (unpaired) electrons. The van der Waals surface area contributed by atoms with Crippen molar-refractivity contribution in [3.63, 3.8) is 0 Å². The molecule has 1 saturated carbocycles. The highest BCUT2D eigenvalue weighted by atomic mass is 127. The molecule has 2 N–H and O–H groups in total. The molecular weight excluding hydrogens is 695 g/mol. The number of carbonyl (C=O) groups excluding carboxylic acids is 1. The molecule has 3 aliphatic heterocycles. The lowest BCUT2D eigenvalue weighted by Crippen LogP contribution is -2.47. The van der Waals surface area contributed by atoms with Crippen molar-refractivity contribution >= 4 is 45.1 Å². The number of benzene rings is 2. The first kappa shape index (κ1) is 31.4. The van der Waals surface area contributed by atoms with Crippen LogP contribution in [0.3, 0.4) is 0 Å². The number of halogens is 1. The third-order valence-corrected chi connectivity index (χ3v) is 11.0. The summed E-state index contributed by atoms with van der Waals surface area (Å²) in [6.07, 6.45) is 6.63. The first-order chi connectivity index (χ1) is 22.1. The van der Waals surface area contributed by atoms with Gasteiger partial charge < -0.3 is 29.6 Å². The van der Waals surface area contributed by atoms with Crippen LogP contribution in [0.2, 0.25) is 0 Å². The Bertz CT molecular complexity index is 1700. The monoisotopic (exact) mass is 736 g/mol. The van der Waals surface area contributed by atoms with E-state index >= 15 is 0 Å². The predicted molar refractivity (Wildman–Crippen MR) is 183 cm³/mol. The highest BCUT2D eigenvalue weighted by Gasteiger charge is 2.46. The number of piperidine rings is 2. The fraction of sp³-hybridized carbons (Fsp3) is 0.543. The molecule has 242 valence electrons. The molecule has 4 aliphatic rings. The van der Waals surface area contributed by atoms with Crippen LogP contribution >= 0.6 is 22.6 Å². The van der Waals surface area contributed by atoms with E-state index in [1.807, 2.05) is 25.1 Å². The number of hydrogen-bond acceptors (Lipinski definition) is 9. The lowest BCUT2D eigenvalue weighted by atomic mass is 9.94. The van der Waals surface area contributed by atoms with Crippen LogP contribution in [0.4, 0.5) is 5.82 Å². The van der Waals surface area contributed by atoms with E-state index in [-0.39, 0.29) is 17.1 Å². The number of nitrogens with zero attached hydrogens (tertiary/aromatic N) is 6. The van der Waals surface area contributed by atoms with Crippen molar-refractivity contribution in [3.8, 4) is 17.8 Å². The number of β-amino-alcohol motifs (C(OH)–C–C–N with tert-alkyl or cyclic N) is 1. The first-order valence-corrected chi connectivity index (χ1v) is 17.5. The summed E-state index contributed by atoms with van der Waals surface area (Å²) in [5.41, 5.74) is 1.35. The molecule has 11 heteroatoms. The van der Waals surface area contributed by atoms with E-state index in [0.717, 1.165) is 96.1 Å². The Labute approximate surface area is 283 Å². The summed E-state index contributed by atoms with van der Waals surface area (Å²) in [5.74, 6) is 1.06. The normalized spacial score (nSPS) is 24.1. The van der Waals surface area contributed by atoms with Crippen molar-refractivity contribution in [2.75, 3.05) is 44.2 Å². The number of aliphatic hydroxyl groups is 1. The third-order valence-electron chi connectivity index (χ3n) is 10.1. The SMILES string of the molecule is C[C@@]1(O)CCCN(c2nc(OCC3(CN4CCCC(CC#N)C4)CC3)nc3c2CN(C(=O)c2cc(O)cc4cccc(I)c24)C3)C1. The molecule has 7 rings (SSSR count). The molecule has 46 heavy (non-hydrogen) atoms. The predicted octanol–water partition coefficient (Wildman–Crippen LogP) is 5.23. The molecule has 3 fully saturated rings. The van der Waals surface area contributed by atoms with Crippen LogP contribution in [0, 0.1) is 26.2 Å². The molecular formula is C35H41IN6O4. The number of ether oxygens (including phenoxy) is 1. The molecule has 4 heterocycles. The van der Waals surface area contributed by atoms with Crippen LogP contribution in [0.25, 0.3) is 10.8 Å². The van der Waals surface area contributed by atoms with E-state index in [4.69, 9.17) is 14.7 Å². The van der Waals surface area contributed by atoms with E-state index in [9.17, 15) is 20.3 Å². The van der Waals surface area contributed by atoms with Gasteiger partial charge in [0.1, 0.15) is 11.6 Å². The Morgan fingerprint density at radius 3 is 2.80 bits per heavy atom. The van der Waals surface area contributed by atoms with Gasteiger partial charge in [-0.3, -0.25) is 4.79 Å². The van der Waals surface area contributed by atoms with E-state index in [1.165, 1.54) is 0 Å². The standard InChI is InChI=1S/C35H41IN6O4/c1-34(45)9-4-14-41(20-34)31-27-18-42(32(44)26-16-25(43)15-24-6-2-7-28(36)30(24)26)19-29(27)38-33(39-31)46-22-35(10-11-35)21-40-13-3-5-23(17-40)8-12-37/h2,6-7,15-16,23,43,45H,3-5,8-11,13-14,17-22H2,1H3/t23?,34-/m1/s1. The molecule has 1 amide bonds. The van der Waals surface area contributed by atoms with Crippen molar-refractivity contribution in [3.05, 3.63) is 50.7 Å². The zero-order valence-electron chi connectivity index (χ0n) is 26.3. The molecule has 3 aromatic rings. The van der Waals surface area contributed by atoms with E-state index in [0.29, 0.717) is 50.2 Å². The van der Waals surface area contributed by atoms with E-state index < -0.39 is 5.60 Å². The van der Waals surface area contributed by atoms with Gasteiger partial charge in [-0.2, -0.15) is 15.2 Å². The molecule has 2 aromatic carbocycles. The lowest BCUT2D eigenvalue weighted by molar-refractivity contribution is 0.0445. The van der Waals surface area contributed by atoms with E-state index in [2.05, 4.69) is 38.5 Å². The van der Waals surface area contributed by atoms with Crippen LogP contribution in [0.15, 0.2) is 30.3 Å². The zero-order chi connectivity index (χ0) is 32.1. The van der Waals surface area contributed by atoms with Crippen molar-refractivity contribution in [1.82, 2.24) is 19.8 Å². The number of phenols is 1. The van der Waals surface area contributed by atoms with Gasteiger partial charge in [0.15, 0.2) is 0 Å². The summed E-state index contributed by atoms with van der Waals surface area (Å²) >= 11 is 2.24. The van der Waals surface area contributed by atoms with Gasteiger partial charge in [0, 0.05) is 52.5 Å². The maximum atomic E-state index is 14.1. The molecule has 0 bridgehead atoms. The van der Waals surface area contributed by atoms with Gasteiger partial charge in [0.05, 0.1) is 42.6 Å². The maximum Gasteiger partial charge on any atom is 0.318 e. The molecule has 1 aromatic heterocycles. The number of rotatable bonds is 8. The average Bonchev–Trinajstić information content (AvgIpc) is 3.64. The Morgan fingerprint density at radius 2 is 2.02 bits per heavy atom. The molecule has 1 unspecified atom stereocenters. The minimum Gasteiger partial charge on any atom is -0.508 e. The minimum atomic E-state index is -0.835.